The lowest BCUT2D eigenvalue weighted by atomic mass is 10.1. The van der Waals surface area contributed by atoms with Gasteiger partial charge in [0.05, 0.1) is 6.61 Å². The molecule has 4 heteroatoms. The van der Waals surface area contributed by atoms with Crippen LogP contribution >= 0.6 is 15.9 Å². The second-order valence-corrected chi connectivity index (χ2v) is 5.43. The fraction of sp³-hybridized carbons (Fsp3) is 0.250. The van der Waals surface area contributed by atoms with E-state index in [0.29, 0.717) is 6.61 Å². The van der Waals surface area contributed by atoms with Gasteiger partial charge in [0.2, 0.25) is 0 Å². The number of nitrogens with two attached hydrogens (primary N) is 1. The fourth-order valence-corrected chi connectivity index (χ4v) is 2.21. The highest BCUT2D eigenvalue weighted by Crippen LogP contribution is 2.21. The molecule has 2 rings (SSSR count). The van der Waals surface area contributed by atoms with Crippen LogP contribution in [0.1, 0.15) is 11.1 Å². The van der Waals surface area contributed by atoms with Gasteiger partial charge in [0.1, 0.15) is 12.4 Å². The van der Waals surface area contributed by atoms with Crippen LogP contribution in [0.25, 0.3) is 0 Å². The molecule has 0 aromatic heterocycles. The Balaban J connectivity index is 1.93. The first-order chi connectivity index (χ1) is 9.69. The maximum absolute atomic E-state index is 5.94. The first-order valence-corrected chi connectivity index (χ1v) is 7.23. The minimum atomic E-state index is 0.469. The Hall–Kier alpha value is -1.52. The van der Waals surface area contributed by atoms with Gasteiger partial charge in [-0.25, -0.2) is 0 Å². The Labute approximate surface area is 127 Å². The molecule has 0 heterocycles. The van der Waals surface area contributed by atoms with Crippen LogP contribution in [0.3, 0.4) is 0 Å². The molecule has 0 bridgehead atoms. The smallest absolute Gasteiger partial charge is 0.119 e. The molecular weight excluding hydrogens is 318 g/mol. The molecule has 0 aliphatic heterocycles. The molecular formula is C16H18BrNO2. The van der Waals surface area contributed by atoms with Crippen molar-refractivity contribution in [2.45, 2.75) is 13.0 Å². The van der Waals surface area contributed by atoms with E-state index in [1.165, 1.54) is 5.56 Å². The largest absolute Gasteiger partial charge is 0.489 e. The molecule has 0 saturated carbocycles. The zero-order valence-electron chi connectivity index (χ0n) is 11.4. The van der Waals surface area contributed by atoms with Crippen LogP contribution < -0.4 is 10.5 Å². The van der Waals surface area contributed by atoms with Gasteiger partial charge in [0.25, 0.3) is 0 Å². The van der Waals surface area contributed by atoms with E-state index in [9.17, 15) is 0 Å². The molecule has 0 amide bonds. The van der Waals surface area contributed by atoms with Crippen molar-refractivity contribution in [1.82, 2.24) is 0 Å². The molecule has 2 aromatic carbocycles. The van der Waals surface area contributed by atoms with Gasteiger partial charge in [-0.05, 0) is 36.2 Å². The van der Waals surface area contributed by atoms with Crippen molar-refractivity contribution in [3.8, 4) is 5.75 Å². The first-order valence-electron chi connectivity index (χ1n) is 6.43. The normalized spacial score (nSPS) is 10.5. The Bertz CT molecular complexity index is 555. The average Bonchev–Trinajstić information content (AvgIpc) is 2.45. The van der Waals surface area contributed by atoms with Crippen LogP contribution in [0.2, 0.25) is 0 Å². The van der Waals surface area contributed by atoms with E-state index in [1.807, 2.05) is 30.3 Å². The van der Waals surface area contributed by atoms with Gasteiger partial charge < -0.3 is 15.2 Å². The third-order valence-electron chi connectivity index (χ3n) is 3.02. The minimum Gasteiger partial charge on any atom is -0.489 e. The number of ether oxygens (including phenoxy) is 2. The average molecular weight is 336 g/mol. The summed E-state index contributed by atoms with van der Waals surface area (Å²) in [5.41, 5.74) is 8.89. The molecule has 0 radical (unpaired) electrons. The summed E-state index contributed by atoms with van der Waals surface area (Å²) < 4.78 is 11.8. The van der Waals surface area contributed by atoms with Crippen LogP contribution in [-0.2, 0) is 17.8 Å². The zero-order valence-corrected chi connectivity index (χ0v) is 13.0. The third kappa shape index (κ3) is 4.25. The Morgan fingerprint density at radius 1 is 1.10 bits per heavy atom. The van der Waals surface area contributed by atoms with E-state index < -0.39 is 0 Å². The highest BCUT2D eigenvalue weighted by Gasteiger charge is 2.02. The van der Waals surface area contributed by atoms with Gasteiger partial charge in [0, 0.05) is 22.8 Å². The lowest BCUT2D eigenvalue weighted by Crippen LogP contribution is -2.00. The summed E-state index contributed by atoms with van der Waals surface area (Å²) in [6.07, 6.45) is 0.913. The van der Waals surface area contributed by atoms with Gasteiger partial charge in [-0.3, -0.25) is 0 Å². The topological polar surface area (TPSA) is 44.5 Å². The second kappa shape index (κ2) is 7.31. The van der Waals surface area contributed by atoms with Crippen molar-refractivity contribution in [2.24, 2.45) is 0 Å². The standard InChI is InChI=1S/C16H18BrNO2/c1-19-9-8-12-2-6-15(7-3-12)20-11-13-4-5-14(17)10-16(13)18/h2-7,10H,8-9,11,18H2,1H3. The fourth-order valence-electron chi connectivity index (χ4n) is 1.83. The van der Waals surface area contributed by atoms with Crippen molar-refractivity contribution in [3.63, 3.8) is 0 Å². The number of benzene rings is 2. The second-order valence-electron chi connectivity index (χ2n) is 4.52. The zero-order chi connectivity index (χ0) is 14.4. The van der Waals surface area contributed by atoms with Crippen LogP contribution in [0.4, 0.5) is 5.69 Å². The molecule has 20 heavy (non-hydrogen) atoms. The van der Waals surface area contributed by atoms with Crippen LogP contribution in [0.5, 0.6) is 5.75 Å². The summed E-state index contributed by atoms with van der Waals surface area (Å²) >= 11 is 3.39. The number of methoxy groups -OCH3 is 1. The van der Waals surface area contributed by atoms with Crippen molar-refractivity contribution in [1.29, 1.82) is 0 Å². The highest BCUT2D eigenvalue weighted by atomic mass is 79.9. The van der Waals surface area contributed by atoms with Gasteiger partial charge in [-0.1, -0.05) is 34.1 Å². The number of nitrogen functional groups attached to an aromatic ring is 1. The van der Waals surface area contributed by atoms with E-state index in [0.717, 1.165) is 34.5 Å². The predicted molar refractivity (Wildman–Crippen MR) is 84.9 cm³/mol. The molecule has 0 fully saturated rings. The third-order valence-corrected chi connectivity index (χ3v) is 3.51. The van der Waals surface area contributed by atoms with E-state index in [2.05, 4.69) is 28.1 Å². The van der Waals surface area contributed by atoms with Crippen LogP contribution in [-0.4, -0.2) is 13.7 Å². The molecule has 2 N–H and O–H groups in total. The molecule has 0 spiro atoms. The van der Waals surface area contributed by atoms with Gasteiger partial charge in [-0.2, -0.15) is 0 Å². The van der Waals surface area contributed by atoms with Gasteiger partial charge >= 0.3 is 0 Å². The molecule has 3 nitrogen and oxygen atoms in total. The molecule has 0 atom stereocenters. The summed E-state index contributed by atoms with van der Waals surface area (Å²) in [5.74, 6) is 0.841. The van der Waals surface area contributed by atoms with E-state index in [-0.39, 0.29) is 0 Å². The predicted octanol–water partition coefficient (Wildman–Crippen LogP) is 3.80. The Morgan fingerprint density at radius 2 is 1.85 bits per heavy atom. The van der Waals surface area contributed by atoms with Crippen molar-refractivity contribution in [3.05, 3.63) is 58.1 Å². The van der Waals surface area contributed by atoms with Crippen molar-refractivity contribution >= 4 is 21.6 Å². The minimum absolute atomic E-state index is 0.469. The highest BCUT2D eigenvalue weighted by molar-refractivity contribution is 9.10. The summed E-state index contributed by atoms with van der Waals surface area (Å²) in [4.78, 5) is 0. The molecule has 2 aromatic rings. The number of rotatable bonds is 6. The Kier molecular flexibility index (Phi) is 5.44. The van der Waals surface area contributed by atoms with Crippen molar-refractivity contribution in [2.75, 3.05) is 19.5 Å². The number of anilines is 1. The van der Waals surface area contributed by atoms with Crippen LogP contribution in [0, 0.1) is 0 Å². The molecule has 0 aliphatic rings. The summed E-state index contributed by atoms with van der Waals surface area (Å²) in [7, 11) is 1.71. The number of hydrogen-bond donors (Lipinski definition) is 1. The molecule has 0 saturated heterocycles. The summed E-state index contributed by atoms with van der Waals surface area (Å²) in [6.45, 7) is 1.20. The Morgan fingerprint density at radius 3 is 2.50 bits per heavy atom. The van der Waals surface area contributed by atoms with Gasteiger partial charge in [-0.15, -0.1) is 0 Å². The number of hydrogen-bond acceptors (Lipinski definition) is 3. The molecule has 106 valence electrons. The lowest BCUT2D eigenvalue weighted by Gasteiger charge is -2.09. The SMILES string of the molecule is COCCc1ccc(OCc2ccc(Br)cc2N)cc1. The maximum atomic E-state index is 5.94. The van der Waals surface area contributed by atoms with E-state index in [4.69, 9.17) is 15.2 Å². The van der Waals surface area contributed by atoms with E-state index >= 15 is 0 Å². The van der Waals surface area contributed by atoms with Crippen molar-refractivity contribution < 1.29 is 9.47 Å². The summed E-state index contributed by atoms with van der Waals surface area (Å²) in [6, 6.07) is 13.9. The van der Waals surface area contributed by atoms with Gasteiger partial charge in [0.15, 0.2) is 0 Å². The number of halogens is 1. The van der Waals surface area contributed by atoms with Crippen LogP contribution in [0.15, 0.2) is 46.9 Å². The lowest BCUT2D eigenvalue weighted by molar-refractivity contribution is 0.202. The molecule has 0 unspecified atom stereocenters. The monoisotopic (exact) mass is 335 g/mol. The molecule has 0 aliphatic carbocycles. The first kappa shape index (κ1) is 14.9. The summed E-state index contributed by atoms with van der Waals surface area (Å²) in [5, 5.41) is 0. The van der Waals surface area contributed by atoms with E-state index in [1.54, 1.807) is 7.11 Å². The maximum Gasteiger partial charge on any atom is 0.119 e. The quantitative estimate of drug-likeness (QED) is 0.816.